The number of phenols is 2. The molecule has 0 atom stereocenters. The lowest BCUT2D eigenvalue weighted by atomic mass is 10.1. The Bertz CT molecular complexity index is 478. The van der Waals surface area contributed by atoms with Crippen molar-refractivity contribution < 1.29 is 20.1 Å². The van der Waals surface area contributed by atoms with E-state index in [9.17, 15) is 25.0 Å². The number of nitroso groups, excluding NO2 is 1. The maximum Gasteiger partial charge on any atom is 0.187 e. The van der Waals surface area contributed by atoms with Crippen LogP contribution >= 0.6 is 0 Å². The fourth-order valence-electron chi connectivity index (χ4n) is 1.10. The molecule has 0 heterocycles. The Morgan fingerprint density at radius 1 is 1.38 bits per heavy atom. The van der Waals surface area contributed by atoms with Crippen LogP contribution < -0.4 is 0 Å². The van der Waals surface area contributed by atoms with E-state index >= 15 is 0 Å². The maximum absolute atomic E-state index is 10.7. The molecule has 0 aliphatic rings. The van der Waals surface area contributed by atoms with Crippen molar-refractivity contribution in [3.63, 3.8) is 0 Å². The van der Waals surface area contributed by atoms with Crippen LogP contribution in [0.3, 0.4) is 0 Å². The average molecular weight is 223 g/mol. The van der Waals surface area contributed by atoms with E-state index < -0.39 is 28.7 Å². The fourth-order valence-corrected chi connectivity index (χ4v) is 1.10. The van der Waals surface area contributed by atoms with Crippen molar-refractivity contribution in [2.75, 3.05) is 0 Å². The maximum atomic E-state index is 10.7. The quantitative estimate of drug-likeness (QED) is 0.314. The fraction of sp³-hybridized carbons (Fsp3) is 0.100. The third kappa shape index (κ3) is 2.35. The number of aliphatic hydroxyl groups excluding tert-OH is 1. The number of aromatic hydroxyl groups is 2. The van der Waals surface area contributed by atoms with Gasteiger partial charge in [0.15, 0.2) is 23.0 Å². The van der Waals surface area contributed by atoms with Gasteiger partial charge in [-0.2, -0.15) is 0 Å². The van der Waals surface area contributed by atoms with Gasteiger partial charge in [0, 0.05) is 11.6 Å². The molecule has 0 unspecified atom stereocenters. The molecule has 1 rings (SSSR count). The van der Waals surface area contributed by atoms with Crippen molar-refractivity contribution in [3.05, 3.63) is 28.7 Å². The molecule has 0 aliphatic heterocycles. The van der Waals surface area contributed by atoms with Crippen molar-refractivity contribution in [3.8, 4) is 11.5 Å². The van der Waals surface area contributed by atoms with Gasteiger partial charge in [-0.15, -0.1) is 4.91 Å². The van der Waals surface area contributed by atoms with Crippen LogP contribution in [0.15, 0.2) is 23.4 Å². The van der Waals surface area contributed by atoms with E-state index in [2.05, 4.69) is 5.18 Å². The largest absolute Gasteiger partial charge is 0.507 e. The zero-order chi connectivity index (χ0) is 12.3. The Balaban J connectivity index is 3.31. The topological polar surface area (TPSA) is 107 Å². The molecule has 0 radical (unpaired) electrons. The molecule has 0 fully saturated rings. The van der Waals surface area contributed by atoms with E-state index in [0.717, 1.165) is 18.2 Å². The molecule has 0 aliphatic carbocycles. The van der Waals surface area contributed by atoms with Crippen molar-refractivity contribution in [1.82, 2.24) is 0 Å². The van der Waals surface area contributed by atoms with Gasteiger partial charge in [0.2, 0.25) is 0 Å². The summed E-state index contributed by atoms with van der Waals surface area (Å²) in [6.45, 7) is 1.23. The first-order chi connectivity index (χ1) is 7.45. The Morgan fingerprint density at radius 2 is 2.00 bits per heavy atom. The lowest BCUT2D eigenvalue weighted by molar-refractivity contribution is -0.112. The lowest BCUT2D eigenvalue weighted by Crippen LogP contribution is -1.89. The van der Waals surface area contributed by atoms with Gasteiger partial charge in [-0.1, -0.05) is 0 Å². The van der Waals surface area contributed by atoms with Crippen LogP contribution in [0.1, 0.15) is 12.5 Å². The van der Waals surface area contributed by atoms with Gasteiger partial charge in [0.1, 0.15) is 5.76 Å². The molecule has 0 spiro atoms. The minimum absolute atomic E-state index is 0.0140. The molecule has 6 nitrogen and oxygen atoms in total. The molecule has 1 aromatic carbocycles. The summed E-state index contributed by atoms with van der Waals surface area (Å²) in [5.74, 6) is -2.09. The zero-order valence-electron chi connectivity index (χ0n) is 8.34. The van der Waals surface area contributed by atoms with Crippen LogP contribution in [0.4, 0.5) is 5.69 Å². The van der Waals surface area contributed by atoms with Gasteiger partial charge in [0.25, 0.3) is 0 Å². The predicted molar refractivity (Wildman–Crippen MR) is 56.5 cm³/mol. The van der Waals surface area contributed by atoms with Crippen molar-refractivity contribution in [2.45, 2.75) is 6.92 Å². The smallest absolute Gasteiger partial charge is 0.187 e. The molecule has 16 heavy (non-hydrogen) atoms. The number of ketones is 1. The normalized spacial score (nSPS) is 11.2. The Hall–Kier alpha value is -2.37. The van der Waals surface area contributed by atoms with Crippen LogP contribution in [-0.4, -0.2) is 21.1 Å². The summed E-state index contributed by atoms with van der Waals surface area (Å²) < 4.78 is 0. The number of hydrogen-bond acceptors (Lipinski definition) is 6. The molecule has 0 amide bonds. The van der Waals surface area contributed by atoms with Crippen LogP contribution in [0, 0.1) is 4.91 Å². The standard InChI is InChI=1S/C10H9NO5/c1-5(12)2-8(13)6-3-7(11-16)10(15)9(14)4-6/h2-4,13-15H,1H3/b8-2-. The van der Waals surface area contributed by atoms with Gasteiger partial charge in [-0.25, -0.2) is 0 Å². The number of allylic oxidation sites excluding steroid dienone is 1. The molecule has 0 aromatic heterocycles. The van der Waals surface area contributed by atoms with Gasteiger partial charge >= 0.3 is 0 Å². The highest BCUT2D eigenvalue weighted by Gasteiger charge is 2.12. The molecule has 3 N–H and O–H groups in total. The lowest BCUT2D eigenvalue weighted by Gasteiger charge is -2.04. The van der Waals surface area contributed by atoms with E-state index in [0.29, 0.717) is 0 Å². The summed E-state index contributed by atoms with van der Waals surface area (Å²) in [5, 5.41) is 30.3. The first-order valence-corrected chi connectivity index (χ1v) is 4.26. The summed E-state index contributed by atoms with van der Waals surface area (Å²) in [6.07, 6.45) is 0.917. The molecule has 84 valence electrons. The molecule has 0 bridgehead atoms. The van der Waals surface area contributed by atoms with Gasteiger partial charge in [-0.3, -0.25) is 4.79 Å². The van der Waals surface area contributed by atoms with E-state index in [1.54, 1.807) is 0 Å². The molecule has 1 aromatic rings. The first-order valence-electron chi connectivity index (χ1n) is 4.26. The number of benzene rings is 1. The average Bonchev–Trinajstić information content (AvgIpc) is 2.20. The minimum atomic E-state index is -0.672. The van der Waals surface area contributed by atoms with Gasteiger partial charge in [-0.05, 0) is 24.2 Å². The third-order valence-corrected chi connectivity index (χ3v) is 1.80. The number of aliphatic hydroxyl groups is 1. The van der Waals surface area contributed by atoms with E-state index in [1.807, 2.05) is 0 Å². The highest BCUT2D eigenvalue weighted by Crippen LogP contribution is 2.37. The number of nitrogens with zero attached hydrogens (tertiary/aromatic N) is 1. The number of phenolic OH excluding ortho intramolecular Hbond substituents is 2. The van der Waals surface area contributed by atoms with E-state index in [1.165, 1.54) is 6.92 Å². The number of carbonyl (C=O) groups is 1. The second kappa shape index (κ2) is 4.43. The molecule has 0 saturated carbocycles. The number of hydrogen-bond donors (Lipinski definition) is 3. The summed E-state index contributed by atoms with van der Waals surface area (Å²) in [7, 11) is 0. The molecule has 0 saturated heterocycles. The van der Waals surface area contributed by atoms with E-state index in [4.69, 9.17) is 0 Å². The number of rotatable bonds is 3. The molecule has 6 heteroatoms. The molecular formula is C10H9NO5. The third-order valence-electron chi connectivity index (χ3n) is 1.80. The highest BCUT2D eigenvalue weighted by molar-refractivity contribution is 5.93. The van der Waals surface area contributed by atoms with Crippen molar-refractivity contribution >= 4 is 17.2 Å². The second-order valence-electron chi connectivity index (χ2n) is 3.09. The Labute approximate surface area is 90.4 Å². The van der Waals surface area contributed by atoms with Crippen LogP contribution in [-0.2, 0) is 4.79 Å². The Kier molecular flexibility index (Phi) is 3.24. The zero-order valence-corrected chi connectivity index (χ0v) is 8.34. The number of carbonyl (C=O) groups excluding carboxylic acids is 1. The van der Waals surface area contributed by atoms with Crippen LogP contribution in [0.5, 0.6) is 11.5 Å². The van der Waals surface area contributed by atoms with Crippen LogP contribution in [0.2, 0.25) is 0 Å². The summed E-state index contributed by atoms with van der Waals surface area (Å²) >= 11 is 0. The first kappa shape index (κ1) is 11.7. The monoisotopic (exact) mass is 223 g/mol. The van der Waals surface area contributed by atoms with E-state index in [-0.39, 0.29) is 5.56 Å². The summed E-state index contributed by atoms with van der Waals surface area (Å²) in [5.41, 5.74) is -0.404. The summed E-state index contributed by atoms with van der Waals surface area (Å²) in [4.78, 5) is 21.0. The minimum Gasteiger partial charge on any atom is -0.507 e. The van der Waals surface area contributed by atoms with Crippen LogP contribution in [0.25, 0.3) is 5.76 Å². The van der Waals surface area contributed by atoms with Gasteiger partial charge in [0.05, 0.1) is 0 Å². The van der Waals surface area contributed by atoms with Crippen molar-refractivity contribution in [2.24, 2.45) is 5.18 Å². The SMILES string of the molecule is CC(=O)/C=C(\O)c1cc(O)c(O)c(N=O)c1. The molecular weight excluding hydrogens is 214 g/mol. The predicted octanol–water partition coefficient (Wildman–Crippen LogP) is 1.98. The van der Waals surface area contributed by atoms with Crippen molar-refractivity contribution in [1.29, 1.82) is 0 Å². The Morgan fingerprint density at radius 3 is 2.50 bits per heavy atom. The summed E-state index contributed by atoms with van der Waals surface area (Å²) in [6, 6.07) is 2.07. The second-order valence-corrected chi connectivity index (χ2v) is 3.09. The van der Waals surface area contributed by atoms with Gasteiger partial charge < -0.3 is 15.3 Å². The highest BCUT2D eigenvalue weighted by atomic mass is 16.3.